The summed E-state index contributed by atoms with van der Waals surface area (Å²) < 4.78 is 1.07. The van der Waals surface area contributed by atoms with Gasteiger partial charge in [-0.1, -0.05) is 47.4 Å². The lowest BCUT2D eigenvalue weighted by Gasteiger charge is -2.03. The van der Waals surface area contributed by atoms with Crippen molar-refractivity contribution in [2.24, 2.45) is 0 Å². The number of H-pyrrole nitrogens is 1. The van der Waals surface area contributed by atoms with E-state index in [-0.39, 0.29) is 5.91 Å². The largest absolute Gasteiger partial charge is 0.298 e. The van der Waals surface area contributed by atoms with Gasteiger partial charge in [0.1, 0.15) is 6.33 Å². The molecule has 2 heterocycles. The van der Waals surface area contributed by atoms with E-state index >= 15 is 0 Å². The SMILES string of the molecule is Cc1cccc2sc(NC(=O)c3ccc(CSc4ncn[nH]4)cc3)nc12. The fourth-order valence-corrected chi connectivity index (χ4v) is 4.15. The molecule has 0 fully saturated rings. The van der Waals surface area contributed by atoms with E-state index in [1.54, 1.807) is 11.8 Å². The summed E-state index contributed by atoms with van der Waals surface area (Å²) in [5, 5.41) is 10.9. The molecule has 2 aromatic carbocycles. The van der Waals surface area contributed by atoms with Gasteiger partial charge in [-0.05, 0) is 36.2 Å². The molecular formula is C18H15N5OS2. The zero-order chi connectivity index (χ0) is 17.9. The van der Waals surface area contributed by atoms with Crippen LogP contribution in [0.5, 0.6) is 0 Å². The van der Waals surface area contributed by atoms with Crippen LogP contribution in [0.3, 0.4) is 0 Å². The molecule has 2 N–H and O–H groups in total. The minimum absolute atomic E-state index is 0.156. The van der Waals surface area contributed by atoms with Gasteiger partial charge in [0.15, 0.2) is 10.3 Å². The van der Waals surface area contributed by atoms with Gasteiger partial charge in [0.05, 0.1) is 10.2 Å². The fourth-order valence-electron chi connectivity index (χ4n) is 2.48. The first kappa shape index (κ1) is 16.7. The van der Waals surface area contributed by atoms with Crippen LogP contribution in [0.2, 0.25) is 0 Å². The Hall–Kier alpha value is -2.71. The number of nitrogens with zero attached hydrogens (tertiary/aromatic N) is 3. The summed E-state index contributed by atoms with van der Waals surface area (Å²) in [6.45, 7) is 2.02. The minimum atomic E-state index is -0.156. The van der Waals surface area contributed by atoms with E-state index in [1.807, 2.05) is 49.4 Å². The summed E-state index contributed by atoms with van der Waals surface area (Å²) in [5.74, 6) is 0.602. The van der Waals surface area contributed by atoms with Crippen molar-refractivity contribution in [1.82, 2.24) is 20.2 Å². The number of hydrogen-bond acceptors (Lipinski definition) is 6. The third-order valence-corrected chi connectivity index (χ3v) is 5.71. The molecule has 0 saturated heterocycles. The molecule has 0 aliphatic carbocycles. The number of aromatic nitrogens is 4. The van der Waals surface area contributed by atoms with Gasteiger partial charge in [0, 0.05) is 11.3 Å². The summed E-state index contributed by atoms with van der Waals surface area (Å²) >= 11 is 3.04. The Balaban J connectivity index is 1.43. The molecule has 4 rings (SSSR count). The first-order valence-corrected chi connectivity index (χ1v) is 9.74. The number of benzene rings is 2. The second-order valence-corrected chi connectivity index (χ2v) is 7.67. The molecule has 130 valence electrons. The van der Waals surface area contributed by atoms with Crippen LogP contribution in [-0.4, -0.2) is 26.1 Å². The maximum absolute atomic E-state index is 12.5. The van der Waals surface area contributed by atoms with E-state index in [0.717, 1.165) is 32.3 Å². The topological polar surface area (TPSA) is 83.6 Å². The highest BCUT2D eigenvalue weighted by Gasteiger charge is 2.11. The van der Waals surface area contributed by atoms with Gasteiger partial charge in [-0.2, -0.15) is 5.10 Å². The number of hydrogen-bond donors (Lipinski definition) is 2. The summed E-state index contributed by atoms with van der Waals surface area (Å²) in [4.78, 5) is 21.1. The predicted molar refractivity (Wildman–Crippen MR) is 105 cm³/mol. The lowest BCUT2D eigenvalue weighted by atomic mass is 10.1. The Labute approximate surface area is 158 Å². The Kier molecular flexibility index (Phi) is 4.68. The van der Waals surface area contributed by atoms with Crippen LogP contribution in [0.4, 0.5) is 5.13 Å². The highest BCUT2D eigenvalue weighted by Crippen LogP contribution is 2.28. The van der Waals surface area contributed by atoms with Gasteiger partial charge in [0.25, 0.3) is 5.91 Å². The predicted octanol–water partition coefficient (Wildman–Crippen LogP) is 4.27. The number of thiazole rings is 1. The average Bonchev–Trinajstić information content (AvgIpc) is 3.30. The number of aromatic amines is 1. The zero-order valence-corrected chi connectivity index (χ0v) is 15.5. The van der Waals surface area contributed by atoms with Gasteiger partial charge in [0.2, 0.25) is 0 Å². The highest BCUT2D eigenvalue weighted by atomic mass is 32.2. The molecule has 6 nitrogen and oxygen atoms in total. The summed E-state index contributed by atoms with van der Waals surface area (Å²) in [5.41, 5.74) is 3.76. The van der Waals surface area contributed by atoms with Crippen molar-refractivity contribution in [2.45, 2.75) is 17.8 Å². The minimum Gasteiger partial charge on any atom is -0.298 e. The molecular weight excluding hydrogens is 366 g/mol. The van der Waals surface area contributed by atoms with Crippen molar-refractivity contribution in [3.63, 3.8) is 0 Å². The number of carbonyl (C=O) groups excluding carboxylic acids is 1. The average molecular weight is 381 g/mol. The molecule has 0 bridgehead atoms. The van der Waals surface area contributed by atoms with Gasteiger partial charge in [-0.3, -0.25) is 15.2 Å². The van der Waals surface area contributed by atoms with Crippen LogP contribution >= 0.6 is 23.1 Å². The van der Waals surface area contributed by atoms with Crippen LogP contribution in [0.25, 0.3) is 10.2 Å². The van der Waals surface area contributed by atoms with Crippen LogP contribution in [0.1, 0.15) is 21.5 Å². The Morgan fingerprint density at radius 2 is 2.08 bits per heavy atom. The second-order valence-electron chi connectivity index (χ2n) is 5.67. The highest BCUT2D eigenvalue weighted by molar-refractivity contribution is 7.98. The number of anilines is 1. The molecule has 0 unspecified atom stereocenters. The molecule has 0 radical (unpaired) electrons. The summed E-state index contributed by atoms with van der Waals surface area (Å²) in [7, 11) is 0. The van der Waals surface area contributed by atoms with Crippen LogP contribution < -0.4 is 5.32 Å². The van der Waals surface area contributed by atoms with Crippen molar-refractivity contribution < 1.29 is 4.79 Å². The maximum atomic E-state index is 12.5. The molecule has 2 aromatic heterocycles. The number of thioether (sulfide) groups is 1. The van der Waals surface area contributed by atoms with Crippen LogP contribution in [0.15, 0.2) is 53.9 Å². The standard InChI is InChI=1S/C18H15N5OS2/c1-11-3-2-4-14-15(11)21-18(26-14)22-16(24)13-7-5-12(6-8-13)9-25-17-19-10-20-23-17/h2-8,10H,9H2,1H3,(H,19,20,23)(H,21,22,24). The number of fused-ring (bicyclic) bond motifs is 1. The quantitative estimate of drug-likeness (QED) is 0.505. The lowest BCUT2D eigenvalue weighted by Crippen LogP contribution is -2.11. The summed E-state index contributed by atoms with van der Waals surface area (Å²) in [6, 6.07) is 13.6. The number of amides is 1. The fraction of sp³-hybridized carbons (Fsp3) is 0.111. The van der Waals surface area contributed by atoms with E-state index in [4.69, 9.17) is 0 Å². The van der Waals surface area contributed by atoms with E-state index in [9.17, 15) is 4.79 Å². The zero-order valence-electron chi connectivity index (χ0n) is 13.9. The number of para-hydroxylation sites is 1. The number of carbonyl (C=O) groups is 1. The first-order chi connectivity index (χ1) is 12.7. The van der Waals surface area contributed by atoms with Gasteiger partial charge >= 0.3 is 0 Å². The van der Waals surface area contributed by atoms with Crippen molar-refractivity contribution in [1.29, 1.82) is 0 Å². The normalized spacial score (nSPS) is 11.0. The van der Waals surface area contributed by atoms with Crippen LogP contribution in [0, 0.1) is 6.92 Å². The van der Waals surface area contributed by atoms with Crippen molar-refractivity contribution in [2.75, 3.05) is 5.32 Å². The van der Waals surface area contributed by atoms with Gasteiger partial charge in [-0.25, -0.2) is 9.97 Å². The van der Waals surface area contributed by atoms with Crippen LogP contribution in [-0.2, 0) is 5.75 Å². The third kappa shape index (κ3) is 3.61. The molecule has 8 heteroatoms. The molecule has 4 aromatic rings. The monoisotopic (exact) mass is 381 g/mol. The maximum Gasteiger partial charge on any atom is 0.257 e. The Bertz CT molecular complexity index is 1040. The van der Waals surface area contributed by atoms with E-state index in [2.05, 4.69) is 25.5 Å². The molecule has 0 aliphatic heterocycles. The molecule has 0 atom stereocenters. The van der Waals surface area contributed by atoms with Crippen molar-refractivity contribution >= 4 is 44.4 Å². The molecule has 0 aliphatic rings. The van der Waals surface area contributed by atoms with E-state index in [1.165, 1.54) is 17.7 Å². The second kappa shape index (κ2) is 7.27. The Morgan fingerprint density at radius 1 is 1.23 bits per heavy atom. The third-order valence-electron chi connectivity index (χ3n) is 3.83. The number of rotatable bonds is 5. The van der Waals surface area contributed by atoms with Gasteiger partial charge in [-0.15, -0.1) is 0 Å². The number of nitrogens with one attached hydrogen (secondary N) is 2. The van der Waals surface area contributed by atoms with Crippen molar-refractivity contribution in [3.05, 3.63) is 65.5 Å². The first-order valence-electron chi connectivity index (χ1n) is 7.93. The smallest absolute Gasteiger partial charge is 0.257 e. The summed E-state index contributed by atoms with van der Waals surface area (Å²) in [6.07, 6.45) is 1.49. The number of aryl methyl sites for hydroxylation is 1. The molecule has 0 saturated carbocycles. The molecule has 26 heavy (non-hydrogen) atoms. The Morgan fingerprint density at radius 3 is 2.81 bits per heavy atom. The van der Waals surface area contributed by atoms with Crippen molar-refractivity contribution in [3.8, 4) is 0 Å². The molecule has 0 spiro atoms. The van der Waals surface area contributed by atoms with E-state index < -0.39 is 0 Å². The van der Waals surface area contributed by atoms with Gasteiger partial charge < -0.3 is 0 Å². The van der Waals surface area contributed by atoms with E-state index in [0.29, 0.717) is 10.7 Å². The lowest BCUT2D eigenvalue weighted by molar-refractivity contribution is 0.102. The molecule has 1 amide bonds.